The number of methoxy groups -OCH3 is 1. The van der Waals surface area contributed by atoms with Crippen LogP contribution in [0.4, 0.5) is 13.2 Å². The minimum atomic E-state index is -4.72. The van der Waals surface area contributed by atoms with Gasteiger partial charge in [0, 0.05) is 6.54 Å². The summed E-state index contributed by atoms with van der Waals surface area (Å²) in [6.45, 7) is 2.11. The third-order valence-corrected chi connectivity index (χ3v) is 2.78. The monoisotopic (exact) mass is 461 g/mol. The summed E-state index contributed by atoms with van der Waals surface area (Å²) < 4.78 is 44.4. The van der Waals surface area contributed by atoms with Crippen molar-refractivity contribution in [1.82, 2.24) is 5.32 Å². The number of esters is 1. The van der Waals surface area contributed by atoms with Gasteiger partial charge in [-0.15, -0.1) is 37.1 Å². The maximum Gasteiger partial charge on any atom is 0.573 e. The Morgan fingerprint density at radius 3 is 2.42 bits per heavy atom. The van der Waals surface area contributed by atoms with E-state index < -0.39 is 6.36 Å². The number of halogens is 4. The molecule has 0 saturated carbocycles. The van der Waals surface area contributed by atoms with Gasteiger partial charge in [0.25, 0.3) is 0 Å². The van der Waals surface area contributed by atoms with Crippen LogP contribution in [-0.4, -0.2) is 31.9 Å². The lowest BCUT2D eigenvalue weighted by atomic mass is 10.2. The lowest BCUT2D eigenvalue weighted by Gasteiger charge is -2.11. The second-order valence-corrected chi connectivity index (χ2v) is 4.70. The Balaban J connectivity index is 0.00000529. The molecule has 10 heteroatoms. The number of carbonyl (C=O) groups excluding carboxylic acids is 1. The average molecular weight is 461 g/mol. The number of nitrogens with two attached hydrogens (primary N) is 1. The highest BCUT2D eigenvalue weighted by molar-refractivity contribution is 14.0. The fourth-order valence-electron chi connectivity index (χ4n) is 1.57. The van der Waals surface area contributed by atoms with Crippen LogP contribution in [0, 0.1) is 5.92 Å². The zero-order chi connectivity index (χ0) is 17.5. The lowest BCUT2D eigenvalue weighted by molar-refractivity contribution is -0.274. The van der Waals surface area contributed by atoms with Gasteiger partial charge in [-0.2, -0.15) is 0 Å². The number of nitrogens with one attached hydrogen (secondary N) is 1. The van der Waals surface area contributed by atoms with E-state index in [0.717, 1.165) is 0 Å². The van der Waals surface area contributed by atoms with Crippen molar-refractivity contribution in [1.29, 1.82) is 0 Å². The van der Waals surface area contributed by atoms with Crippen molar-refractivity contribution in [3.8, 4) is 5.75 Å². The molecule has 0 aromatic heterocycles. The number of aliphatic imine (C=N–C) groups is 1. The van der Waals surface area contributed by atoms with Gasteiger partial charge < -0.3 is 20.5 Å². The van der Waals surface area contributed by atoms with Crippen molar-refractivity contribution >= 4 is 35.9 Å². The number of ether oxygens (including phenoxy) is 2. The lowest BCUT2D eigenvalue weighted by Crippen LogP contribution is -2.37. The fourth-order valence-corrected chi connectivity index (χ4v) is 1.57. The highest BCUT2D eigenvalue weighted by Crippen LogP contribution is 2.22. The summed E-state index contributed by atoms with van der Waals surface area (Å²) in [6, 6.07) is 5.30. The number of hydrogen-bond acceptors (Lipinski definition) is 4. The average Bonchev–Trinajstić information content (AvgIpc) is 2.49. The number of alkyl halides is 3. The maximum atomic E-state index is 12.0. The highest BCUT2D eigenvalue weighted by atomic mass is 127. The van der Waals surface area contributed by atoms with Crippen molar-refractivity contribution in [3.63, 3.8) is 0 Å². The predicted octanol–water partition coefficient (Wildman–Crippen LogP) is 2.42. The van der Waals surface area contributed by atoms with Crippen molar-refractivity contribution in [2.24, 2.45) is 16.6 Å². The van der Waals surface area contributed by atoms with Crippen LogP contribution in [0.2, 0.25) is 0 Å². The Labute approximate surface area is 154 Å². The number of rotatable bonds is 6. The van der Waals surface area contributed by atoms with E-state index >= 15 is 0 Å². The van der Waals surface area contributed by atoms with Gasteiger partial charge in [0.05, 0.1) is 19.6 Å². The summed E-state index contributed by atoms with van der Waals surface area (Å²) in [5.41, 5.74) is 6.30. The minimum Gasteiger partial charge on any atom is -0.469 e. The molecule has 0 amide bonds. The predicted molar refractivity (Wildman–Crippen MR) is 93.0 cm³/mol. The number of hydrogen-bond donors (Lipinski definition) is 2. The number of nitrogens with zero attached hydrogens (tertiary/aromatic N) is 1. The standard InChI is InChI=1S/C14H18F3N3O3.HI/c1-9(12(21)22-2)7-19-13(18)20-8-10-3-5-11(6-4-10)23-14(15,16)17;/h3-6,9H,7-8H2,1-2H3,(H3,18,19,20);1H. The Hall–Kier alpha value is -1.72. The van der Waals surface area contributed by atoms with Gasteiger partial charge in [-0.3, -0.25) is 4.79 Å². The largest absolute Gasteiger partial charge is 0.573 e. The molecule has 0 radical (unpaired) electrons. The summed E-state index contributed by atoms with van der Waals surface area (Å²) in [7, 11) is 1.29. The fraction of sp³-hybridized carbons (Fsp3) is 0.429. The molecule has 1 atom stereocenters. The number of benzene rings is 1. The maximum absolute atomic E-state index is 12.0. The van der Waals surface area contributed by atoms with E-state index in [2.05, 4.69) is 19.8 Å². The molecule has 136 valence electrons. The Kier molecular flexibility index (Phi) is 9.48. The number of carbonyl (C=O) groups is 1. The topological polar surface area (TPSA) is 85.9 Å². The molecular weight excluding hydrogens is 442 g/mol. The van der Waals surface area contributed by atoms with Gasteiger partial charge in [-0.05, 0) is 17.7 Å². The van der Waals surface area contributed by atoms with Crippen molar-refractivity contribution in [2.45, 2.75) is 19.8 Å². The molecule has 0 aliphatic carbocycles. The molecular formula is C14H19F3IN3O3. The van der Waals surface area contributed by atoms with Gasteiger partial charge >= 0.3 is 12.3 Å². The molecule has 1 aromatic rings. The summed E-state index contributed by atoms with van der Waals surface area (Å²) in [5, 5.41) is 2.76. The summed E-state index contributed by atoms with van der Waals surface area (Å²) >= 11 is 0. The molecule has 0 fully saturated rings. The van der Waals surface area contributed by atoms with E-state index in [0.29, 0.717) is 5.56 Å². The first-order valence-electron chi connectivity index (χ1n) is 6.67. The first-order valence-corrected chi connectivity index (χ1v) is 6.67. The second-order valence-electron chi connectivity index (χ2n) is 4.70. The van der Waals surface area contributed by atoms with E-state index in [4.69, 9.17) is 5.73 Å². The second kappa shape index (κ2) is 10.2. The van der Waals surface area contributed by atoms with Gasteiger partial charge in [-0.25, -0.2) is 4.99 Å². The van der Waals surface area contributed by atoms with E-state index in [1.807, 2.05) is 0 Å². The highest BCUT2D eigenvalue weighted by Gasteiger charge is 2.30. The van der Waals surface area contributed by atoms with Crippen molar-refractivity contribution < 1.29 is 27.4 Å². The van der Waals surface area contributed by atoms with E-state index in [-0.39, 0.29) is 60.7 Å². The van der Waals surface area contributed by atoms with Gasteiger partial charge in [-0.1, -0.05) is 19.1 Å². The summed E-state index contributed by atoms with van der Waals surface area (Å²) in [4.78, 5) is 15.2. The molecule has 1 rings (SSSR count). The molecule has 0 aliphatic rings. The van der Waals surface area contributed by atoms with Crippen LogP contribution in [0.5, 0.6) is 5.75 Å². The third-order valence-electron chi connectivity index (χ3n) is 2.78. The summed E-state index contributed by atoms with van der Waals surface area (Å²) in [5.74, 6) is -0.933. The van der Waals surface area contributed by atoms with Crippen molar-refractivity contribution in [3.05, 3.63) is 29.8 Å². The van der Waals surface area contributed by atoms with Crippen LogP contribution in [0.15, 0.2) is 29.3 Å². The normalized spacial score (nSPS) is 12.8. The zero-order valence-electron chi connectivity index (χ0n) is 13.1. The van der Waals surface area contributed by atoms with Crippen LogP contribution in [-0.2, 0) is 16.1 Å². The van der Waals surface area contributed by atoms with Crippen LogP contribution < -0.4 is 15.8 Å². The first kappa shape index (κ1) is 22.3. The minimum absolute atomic E-state index is 0. The Bertz CT molecular complexity index is 550. The van der Waals surface area contributed by atoms with Crippen molar-refractivity contribution in [2.75, 3.05) is 13.7 Å². The van der Waals surface area contributed by atoms with E-state index in [9.17, 15) is 18.0 Å². The quantitative estimate of drug-likeness (QED) is 0.294. The van der Waals surface area contributed by atoms with Gasteiger partial charge in [0.2, 0.25) is 0 Å². The van der Waals surface area contributed by atoms with E-state index in [1.54, 1.807) is 6.92 Å². The SMILES string of the molecule is COC(=O)C(C)CNC(N)=NCc1ccc(OC(F)(F)F)cc1.I. The zero-order valence-corrected chi connectivity index (χ0v) is 15.4. The first-order chi connectivity index (χ1) is 10.7. The molecule has 0 bridgehead atoms. The third kappa shape index (κ3) is 8.79. The molecule has 0 aliphatic heterocycles. The van der Waals surface area contributed by atoms with Gasteiger partial charge in [0.1, 0.15) is 5.75 Å². The van der Waals surface area contributed by atoms with Crippen LogP contribution in [0.25, 0.3) is 0 Å². The molecule has 6 nitrogen and oxygen atoms in total. The van der Waals surface area contributed by atoms with Crippen LogP contribution in [0.1, 0.15) is 12.5 Å². The molecule has 24 heavy (non-hydrogen) atoms. The number of guanidine groups is 1. The summed E-state index contributed by atoms with van der Waals surface area (Å²) in [6.07, 6.45) is -4.72. The molecule has 0 heterocycles. The Morgan fingerprint density at radius 2 is 1.92 bits per heavy atom. The molecule has 1 aromatic carbocycles. The molecule has 3 N–H and O–H groups in total. The Morgan fingerprint density at radius 1 is 1.33 bits per heavy atom. The molecule has 0 spiro atoms. The van der Waals surface area contributed by atoms with Gasteiger partial charge in [0.15, 0.2) is 5.96 Å². The van der Waals surface area contributed by atoms with Crippen LogP contribution in [0.3, 0.4) is 0 Å². The smallest absolute Gasteiger partial charge is 0.469 e. The molecule has 0 saturated heterocycles. The van der Waals surface area contributed by atoms with Crippen LogP contribution >= 0.6 is 24.0 Å². The molecule has 1 unspecified atom stereocenters. The van der Waals surface area contributed by atoms with E-state index in [1.165, 1.54) is 31.4 Å².